The van der Waals surface area contributed by atoms with Gasteiger partial charge < -0.3 is 14.9 Å². The fourth-order valence-corrected chi connectivity index (χ4v) is 5.42. The Hall–Kier alpha value is -3.92. The molecule has 3 aromatic rings. The third-order valence-corrected chi connectivity index (χ3v) is 7.35. The van der Waals surface area contributed by atoms with Crippen LogP contribution in [0.1, 0.15) is 43.5 Å². The lowest BCUT2D eigenvalue weighted by Gasteiger charge is -2.43. The number of hydrogen-bond acceptors (Lipinski definition) is 7. The van der Waals surface area contributed by atoms with Crippen LogP contribution in [-0.4, -0.2) is 79.8 Å². The quantitative estimate of drug-likeness (QED) is 0.593. The molecule has 3 aromatic heterocycles. The van der Waals surface area contributed by atoms with E-state index in [2.05, 4.69) is 15.0 Å². The van der Waals surface area contributed by atoms with E-state index in [9.17, 15) is 14.7 Å². The number of pyridine rings is 3. The summed E-state index contributed by atoms with van der Waals surface area (Å²) in [5.74, 6) is -0.289. The van der Waals surface area contributed by atoms with E-state index in [4.69, 9.17) is 4.98 Å². The first kappa shape index (κ1) is 23.5. The highest BCUT2D eigenvalue weighted by Crippen LogP contribution is 2.38. The predicted molar refractivity (Wildman–Crippen MR) is 139 cm³/mol. The highest BCUT2D eigenvalue weighted by atomic mass is 16.3. The fourth-order valence-electron chi connectivity index (χ4n) is 5.42. The number of nitrogens with zero attached hydrogens (tertiary/aromatic N) is 7. The van der Waals surface area contributed by atoms with Crippen molar-refractivity contribution in [1.82, 2.24) is 24.8 Å². The molecule has 3 aliphatic rings. The van der Waals surface area contributed by atoms with Crippen LogP contribution in [0, 0.1) is 0 Å². The van der Waals surface area contributed by atoms with Gasteiger partial charge in [-0.25, -0.2) is 9.78 Å². The third-order valence-electron chi connectivity index (χ3n) is 7.35. The summed E-state index contributed by atoms with van der Waals surface area (Å²) >= 11 is 0. The number of urea groups is 1. The van der Waals surface area contributed by atoms with Crippen LogP contribution in [0.4, 0.5) is 10.5 Å². The zero-order valence-electron chi connectivity index (χ0n) is 21.2. The number of fused-ring (bicyclic) bond motifs is 4. The van der Waals surface area contributed by atoms with Crippen LogP contribution in [0.3, 0.4) is 0 Å². The Morgan fingerprint density at radius 3 is 2.68 bits per heavy atom. The van der Waals surface area contributed by atoms with Gasteiger partial charge in [0.15, 0.2) is 0 Å². The van der Waals surface area contributed by atoms with Crippen LogP contribution >= 0.6 is 0 Å². The van der Waals surface area contributed by atoms with Crippen LogP contribution in [0.5, 0.6) is 0 Å². The molecular formula is C27H29N7O3. The van der Waals surface area contributed by atoms with Crippen molar-refractivity contribution in [2.45, 2.75) is 51.4 Å². The number of piperidine rings is 1. The molecule has 1 saturated heterocycles. The monoisotopic (exact) mass is 499 g/mol. The highest BCUT2D eigenvalue weighted by Gasteiger charge is 2.39. The van der Waals surface area contributed by atoms with E-state index >= 15 is 0 Å². The standard InChI is InChI=1S/C27H29N7O3/c1-27(2,37)25(35)33-8-6-19(7-9-33)34-24-18(15-32(3)26(34)36)13-29-21-5-4-20(31-23(21)24)17-10-16-11-28-14-22(16)30-12-17/h4-5,10-13,19,37H,6-9,14-15H2,1-3H3. The molecule has 0 aliphatic carbocycles. The van der Waals surface area contributed by atoms with Gasteiger partial charge in [0.05, 0.1) is 35.7 Å². The minimum atomic E-state index is -1.42. The van der Waals surface area contributed by atoms with Crippen LogP contribution in [0.25, 0.3) is 22.3 Å². The molecule has 6 heterocycles. The number of aliphatic hydroxyl groups is 1. The molecule has 6 rings (SSSR count). The normalized spacial score (nSPS) is 17.9. The summed E-state index contributed by atoms with van der Waals surface area (Å²) in [5, 5.41) is 10.2. The molecule has 1 N–H and O–H groups in total. The third kappa shape index (κ3) is 4.01. The first-order chi connectivity index (χ1) is 17.7. The molecule has 0 spiro atoms. The molecule has 0 unspecified atom stereocenters. The van der Waals surface area contributed by atoms with Gasteiger partial charge in [-0.2, -0.15) is 0 Å². The van der Waals surface area contributed by atoms with E-state index in [0.29, 0.717) is 44.5 Å². The minimum absolute atomic E-state index is 0.0881. The Balaban J connectivity index is 1.39. The molecule has 10 nitrogen and oxygen atoms in total. The number of hydrogen-bond donors (Lipinski definition) is 1. The molecule has 0 atom stereocenters. The number of carbonyl (C=O) groups is 2. The van der Waals surface area contributed by atoms with Crippen molar-refractivity contribution in [1.29, 1.82) is 0 Å². The molecule has 0 aromatic carbocycles. The number of anilines is 1. The first-order valence-corrected chi connectivity index (χ1v) is 12.5. The van der Waals surface area contributed by atoms with Crippen LogP contribution in [0.15, 0.2) is 35.6 Å². The molecule has 10 heteroatoms. The lowest BCUT2D eigenvalue weighted by Crippen LogP contribution is -2.56. The van der Waals surface area contributed by atoms with Gasteiger partial charge in [0.1, 0.15) is 11.1 Å². The van der Waals surface area contributed by atoms with E-state index < -0.39 is 5.60 Å². The number of carbonyl (C=O) groups excluding carboxylic acids is 2. The van der Waals surface area contributed by atoms with Gasteiger partial charge in [0.25, 0.3) is 5.91 Å². The predicted octanol–water partition coefficient (Wildman–Crippen LogP) is 2.76. The zero-order chi connectivity index (χ0) is 25.9. The molecule has 37 heavy (non-hydrogen) atoms. The topological polar surface area (TPSA) is 115 Å². The van der Waals surface area contributed by atoms with Gasteiger partial charge in [-0.1, -0.05) is 0 Å². The zero-order valence-corrected chi connectivity index (χ0v) is 21.2. The van der Waals surface area contributed by atoms with Crippen molar-refractivity contribution < 1.29 is 14.7 Å². The summed E-state index contributed by atoms with van der Waals surface area (Å²) in [4.78, 5) is 49.9. The summed E-state index contributed by atoms with van der Waals surface area (Å²) in [6.45, 7) is 5.01. The smallest absolute Gasteiger partial charge is 0.324 e. The number of amides is 3. The average molecular weight is 500 g/mol. The summed E-state index contributed by atoms with van der Waals surface area (Å²) in [5.41, 5.74) is 5.31. The summed E-state index contributed by atoms with van der Waals surface area (Å²) < 4.78 is 0. The van der Waals surface area contributed by atoms with Crippen molar-refractivity contribution in [2.75, 3.05) is 25.0 Å². The van der Waals surface area contributed by atoms with Crippen molar-refractivity contribution in [3.63, 3.8) is 0 Å². The van der Waals surface area contributed by atoms with Gasteiger partial charge in [0, 0.05) is 61.5 Å². The summed E-state index contributed by atoms with van der Waals surface area (Å²) in [6, 6.07) is 5.72. The maximum absolute atomic E-state index is 13.5. The van der Waals surface area contributed by atoms with Crippen molar-refractivity contribution in [3.05, 3.63) is 47.4 Å². The van der Waals surface area contributed by atoms with Crippen LogP contribution in [-0.2, 0) is 17.9 Å². The maximum Gasteiger partial charge on any atom is 0.324 e. The molecular weight excluding hydrogens is 470 g/mol. The second-order valence-corrected chi connectivity index (χ2v) is 10.5. The number of rotatable bonds is 3. The van der Waals surface area contributed by atoms with E-state index in [-0.39, 0.29) is 18.0 Å². The van der Waals surface area contributed by atoms with Gasteiger partial charge in [-0.15, -0.1) is 0 Å². The van der Waals surface area contributed by atoms with E-state index in [1.165, 1.54) is 13.8 Å². The number of aliphatic imine (C=N–C) groups is 1. The van der Waals surface area contributed by atoms with Crippen LogP contribution < -0.4 is 4.90 Å². The Kier molecular flexibility index (Phi) is 5.45. The first-order valence-electron chi connectivity index (χ1n) is 12.5. The SMILES string of the molecule is CN1Cc2cnc3ccc(-c4cnc5c(c4)C=NC5)nc3c2N(C2CCN(C(=O)C(C)(C)O)CC2)C1=O. The van der Waals surface area contributed by atoms with Crippen molar-refractivity contribution in [2.24, 2.45) is 4.99 Å². The minimum Gasteiger partial charge on any atom is -0.381 e. The van der Waals surface area contributed by atoms with Gasteiger partial charge in [-0.3, -0.25) is 24.7 Å². The largest absolute Gasteiger partial charge is 0.381 e. The fraction of sp³-hybridized carbons (Fsp3) is 0.407. The molecule has 190 valence electrons. The lowest BCUT2D eigenvalue weighted by atomic mass is 9.98. The van der Waals surface area contributed by atoms with E-state index in [1.807, 2.05) is 41.7 Å². The number of aromatic nitrogens is 3. The highest BCUT2D eigenvalue weighted by molar-refractivity contribution is 6.04. The van der Waals surface area contributed by atoms with Crippen molar-refractivity contribution in [3.8, 4) is 11.3 Å². The Bertz CT molecular complexity index is 1450. The molecule has 0 bridgehead atoms. The van der Waals surface area contributed by atoms with Gasteiger partial charge in [-0.05, 0) is 44.9 Å². The van der Waals surface area contributed by atoms with E-state index in [0.717, 1.165) is 39.3 Å². The van der Waals surface area contributed by atoms with Gasteiger partial charge >= 0.3 is 6.03 Å². The molecule has 1 fully saturated rings. The molecule has 3 aliphatic heterocycles. The van der Waals surface area contributed by atoms with E-state index in [1.54, 1.807) is 16.8 Å². The summed E-state index contributed by atoms with van der Waals surface area (Å²) in [7, 11) is 1.79. The molecule has 0 saturated carbocycles. The van der Waals surface area contributed by atoms with Crippen molar-refractivity contribution >= 4 is 34.9 Å². The lowest BCUT2D eigenvalue weighted by molar-refractivity contribution is -0.148. The average Bonchev–Trinajstić information content (AvgIpc) is 3.36. The molecule has 0 radical (unpaired) electrons. The van der Waals surface area contributed by atoms with Crippen LogP contribution in [0.2, 0.25) is 0 Å². The Labute approximate surface area is 214 Å². The second-order valence-electron chi connectivity index (χ2n) is 10.5. The Morgan fingerprint density at radius 2 is 1.92 bits per heavy atom. The molecule has 3 amide bonds. The second kappa shape index (κ2) is 8.58. The summed E-state index contributed by atoms with van der Waals surface area (Å²) in [6.07, 6.45) is 6.70. The Morgan fingerprint density at radius 1 is 1.14 bits per heavy atom. The maximum atomic E-state index is 13.5. The van der Waals surface area contributed by atoms with Gasteiger partial charge in [0.2, 0.25) is 0 Å². The number of likely N-dealkylation sites (tertiary alicyclic amines) is 1.